The number of esters is 1. The van der Waals surface area contributed by atoms with Gasteiger partial charge in [-0.15, -0.1) is 11.8 Å². The summed E-state index contributed by atoms with van der Waals surface area (Å²) in [6.45, 7) is -0.613. The van der Waals surface area contributed by atoms with Gasteiger partial charge in [-0.1, -0.05) is 0 Å². The van der Waals surface area contributed by atoms with Gasteiger partial charge in [0.25, 0.3) is 5.91 Å². The predicted molar refractivity (Wildman–Crippen MR) is 70.4 cm³/mol. The zero-order valence-corrected chi connectivity index (χ0v) is 11.5. The first-order valence-electron chi connectivity index (χ1n) is 5.71. The van der Waals surface area contributed by atoms with Crippen LogP contribution in [0.2, 0.25) is 0 Å². The minimum atomic E-state index is -1.04. The van der Waals surface area contributed by atoms with E-state index in [0.29, 0.717) is 4.90 Å². The van der Waals surface area contributed by atoms with Gasteiger partial charge in [0.15, 0.2) is 18.2 Å². The molecule has 9 heteroatoms. The normalized spacial score (nSPS) is 10.0. The number of nitrogens with one attached hydrogen (secondary N) is 1. The highest BCUT2D eigenvalue weighted by Crippen LogP contribution is 2.21. The van der Waals surface area contributed by atoms with Crippen LogP contribution in [0.25, 0.3) is 0 Å². The number of amides is 3. The number of nitrogens with two attached hydrogens (primary N) is 1. The second kappa shape index (κ2) is 8.20. The highest BCUT2D eigenvalue weighted by molar-refractivity contribution is 7.99. The van der Waals surface area contributed by atoms with Crippen LogP contribution in [0, 0.1) is 11.6 Å². The number of benzene rings is 1. The number of ether oxygens (including phenoxy) is 1. The van der Waals surface area contributed by atoms with Crippen molar-refractivity contribution < 1.29 is 27.9 Å². The molecule has 1 aromatic carbocycles. The molecule has 0 aromatic heterocycles. The zero-order valence-electron chi connectivity index (χ0n) is 10.7. The summed E-state index contributed by atoms with van der Waals surface area (Å²) in [6.07, 6.45) is -0.0342. The standard InChI is InChI=1S/C12H12F2N2O4S/c13-8-2-1-7(5-9(8)14)21-4-3-11(18)20-6-10(17)16-12(15)19/h1-2,5H,3-4,6H2,(H3,15,16,17,19). The Morgan fingerprint density at radius 3 is 2.57 bits per heavy atom. The molecular weight excluding hydrogens is 306 g/mol. The van der Waals surface area contributed by atoms with E-state index in [1.54, 1.807) is 5.32 Å². The number of primary amides is 1. The van der Waals surface area contributed by atoms with Crippen LogP contribution in [0.1, 0.15) is 6.42 Å². The summed E-state index contributed by atoms with van der Waals surface area (Å²) in [6, 6.07) is 2.36. The lowest BCUT2D eigenvalue weighted by Gasteiger charge is -2.04. The quantitative estimate of drug-likeness (QED) is 0.606. The van der Waals surface area contributed by atoms with E-state index in [1.807, 2.05) is 0 Å². The summed E-state index contributed by atoms with van der Waals surface area (Å²) >= 11 is 1.13. The number of carbonyl (C=O) groups is 3. The molecule has 0 saturated carbocycles. The minimum absolute atomic E-state index is 0.0342. The summed E-state index contributed by atoms with van der Waals surface area (Å²) in [5, 5.41) is 1.73. The van der Waals surface area contributed by atoms with E-state index in [-0.39, 0.29) is 12.2 Å². The molecule has 0 heterocycles. The van der Waals surface area contributed by atoms with Gasteiger partial charge in [0.05, 0.1) is 6.42 Å². The van der Waals surface area contributed by atoms with Crippen molar-refractivity contribution in [3.05, 3.63) is 29.8 Å². The molecule has 1 rings (SSSR count). The number of hydrogen-bond donors (Lipinski definition) is 2. The van der Waals surface area contributed by atoms with Gasteiger partial charge in [0, 0.05) is 10.6 Å². The van der Waals surface area contributed by atoms with E-state index >= 15 is 0 Å². The molecule has 0 spiro atoms. The van der Waals surface area contributed by atoms with Crippen molar-refractivity contribution >= 4 is 29.7 Å². The Hall–Kier alpha value is -2.16. The van der Waals surface area contributed by atoms with Crippen molar-refractivity contribution in [1.82, 2.24) is 5.32 Å². The Morgan fingerprint density at radius 1 is 1.24 bits per heavy atom. The third kappa shape index (κ3) is 6.70. The van der Waals surface area contributed by atoms with Crippen molar-refractivity contribution in [2.45, 2.75) is 11.3 Å². The molecule has 0 aliphatic carbocycles. The largest absolute Gasteiger partial charge is 0.456 e. The van der Waals surface area contributed by atoms with Gasteiger partial charge in [0.2, 0.25) is 0 Å². The summed E-state index contributed by atoms with van der Waals surface area (Å²) in [4.78, 5) is 33.0. The highest BCUT2D eigenvalue weighted by atomic mass is 32.2. The number of thioether (sulfide) groups is 1. The highest BCUT2D eigenvalue weighted by Gasteiger charge is 2.09. The average Bonchev–Trinajstić information content (AvgIpc) is 2.40. The average molecular weight is 318 g/mol. The Kier molecular flexibility index (Phi) is 6.60. The van der Waals surface area contributed by atoms with Gasteiger partial charge in [0.1, 0.15) is 0 Å². The fraction of sp³-hybridized carbons (Fsp3) is 0.250. The predicted octanol–water partition coefficient (Wildman–Crippen LogP) is 1.19. The molecule has 6 nitrogen and oxygen atoms in total. The molecular formula is C12H12F2N2O4S. The SMILES string of the molecule is NC(=O)NC(=O)COC(=O)CCSc1ccc(F)c(F)c1. The van der Waals surface area contributed by atoms with Crippen LogP contribution < -0.4 is 11.1 Å². The molecule has 0 fully saturated rings. The topological polar surface area (TPSA) is 98.5 Å². The Morgan fingerprint density at radius 2 is 1.95 bits per heavy atom. The smallest absolute Gasteiger partial charge is 0.318 e. The maximum Gasteiger partial charge on any atom is 0.318 e. The Bertz CT molecular complexity index is 554. The third-order valence-corrected chi connectivity index (χ3v) is 3.09. The molecule has 1 aromatic rings. The van der Waals surface area contributed by atoms with Gasteiger partial charge in [-0.2, -0.15) is 0 Å². The summed E-state index contributed by atoms with van der Waals surface area (Å²) in [5.41, 5.74) is 4.70. The van der Waals surface area contributed by atoms with Crippen LogP contribution in [0.5, 0.6) is 0 Å². The van der Waals surface area contributed by atoms with Crippen LogP contribution in [0.3, 0.4) is 0 Å². The summed E-state index contributed by atoms with van der Waals surface area (Å²) in [5.74, 6) is -3.14. The van der Waals surface area contributed by atoms with Crippen LogP contribution in [0.4, 0.5) is 13.6 Å². The number of urea groups is 1. The molecule has 0 aliphatic rings. The Labute approximate surface area is 123 Å². The first-order chi connectivity index (χ1) is 9.88. The molecule has 3 N–H and O–H groups in total. The number of halogens is 2. The monoisotopic (exact) mass is 318 g/mol. The molecule has 3 amide bonds. The van der Waals surface area contributed by atoms with Crippen molar-refractivity contribution in [2.24, 2.45) is 5.73 Å². The van der Waals surface area contributed by atoms with Crippen LogP contribution in [-0.2, 0) is 14.3 Å². The molecule has 21 heavy (non-hydrogen) atoms. The molecule has 0 atom stereocenters. The lowest BCUT2D eigenvalue weighted by Crippen LogP contribution is -2.37. The lowest BCUT2D eigenvalue weighted by atomic mass is 10.3. The van der Waals surface area contributed by atoms with E-state index in [1.165, 1.54) is 6.07 Å². The van der Waals surface area contributed by atoms with E-state index in [9.17, 15) is 23.2 Å². The van der Waals surface area contributed by atoms with Crippen molar-refractivity contribution in [2.75, 3.05) is 12.4 Å². The fourth-order valence-electron chi connectivity index (χ4n) is 1.21. The molecule has 0 saturated heterocycles. The fourth-order valence-corrected chi connectivity index (χ4v) is 2.07. The van der Waals surface area contributed by atoms with Gasteiger partial charge in [-0.05, 0) is 18.2 Å². The lowest BCUT2D eigenvalue weighted by molar-refractivity contribution is -0.147. The molecule has 0 unspecified atom stereocenters. The minimum Gasteiger partial charge on any atom is -0.456 e. The second-order valence-electron chi connectivity index (χ2n) is 3.75. The maximum absolute atomic E-state index is 12.9. The summed E-state index contributed by atoms with van der Waals surface area (Å²) < 4.78 is 30.2. The van der Waals surface area contributed by atoms with Crippen LogP contribution in [0.15, 0.2) is 23.1 Å². The van der Waals surface area contributed by atoms with E-state index in [4.69, 9.17) is 5.73 Å². The number of imide groups is 1. The van der Waals surface area contributed by atoms with Gasteiger partial charge in [-0.25, -0.2) is 13.6 Å². The first kappa shape index (κ1) is 16.9. The van der Waals surface area contributed by atoms with Crippen molar-refractivity contribution in [1.29, 1.82) is 0 Å². The number of rotatable bonds is 6. The summed E-state index contributed by atoms with van der Waals surface area (Å²) in [7, 11) is 0. The molecule has 0 radical (unpaired) electrons. The van der Waals surface area contributed by atoms with E-state index in [0.717, 1.165) is 23.9 Å². The molecule has 0 aliphatic heterocycles. The molecule has 0 bridgehead atoms. The maximum atomic E-state index is 12.9. The van der Waals surface area contributed by atoms with Crippen molar-refractivity contribution in [3.63, 3.8) is 0 Å². The Balaban J connectivity index is 2.25. The zero-order chi connectivity index (χ0) is 15.8. The van der Waals surface area contributed by atoms with Gasteiger partial charge >= 0.3 is 12.0 Å². The first-order valence-corrected chi connectivity index (χ1v) is 6.70. The second-order valence-corrected chi connectivity index (χ2v) is 4.92. The van der Waals surface area contributed by atoms with Crippen LogP contribution in [-0.4, -0.2) is 30.3 Å². The van der Waals surface area contributed by atoms with Crippen LogP contribution >= 0.6 is 11.8 Å². The van der Waals surface area contributed by atoms with E-state index in [2.05, 4.69) is 4.74 Å². The van der Waals surface area contributed by atoms with Crippen molar-refractivity contribution in [3.8, 4) is 0 Å². The van der Waals surface area contributed by atoms with Gasteiger partial charge in [-0.3, -0.25) is 14.9 Å². The third-order valence-electron chi connectivity index (χ3n) is 2.09. The van der Waals surface area contributed by atoms with E-state index < -0.39 is 36.1 Å². The van der Waals surface area contributed by atoms with Gasteiger partial charge < -0.3 is 10.5 Å². The number of hydrogen-bond acceptors (Lipinski definition) is 5. The molecule has 114 valence electrons. The number of carbonyl (C=O) groups excluding carboxylic acids is 3.